The van der Waals surface area contributed by atoms with Gasteiger partial charge in [-0.1, -0.05) is 17.7 Å². The third kappa shape index (κ3) is 3.24. The average molecular weight is 347 g/mol. The van der Waals surface area contributed by atoms with Crippen LogP contribution in [-0.4, -0.2) is 58.6 Å². The van der Waals surface area contributed by atoms with Gasteiger partial charge >= 0.3 is 5.97 Å². The van der Waals surface area contributed by atoms with E-state index in [4.69, 9.17) is 16.9 Å². The summed E-state index contributed by atoms with van der Waals surface area (Å²) in [5.74, 6) is -0.874. The molecule has 24 heavy (non-hydrogen) atoms. The molecule has 2 aromatic rings. The molecule has 0 bridgehead atoms. The summed E-state index contributed by atoms with van der Waals surface area (Å²) in [6, 6.07) is 6.93. The van der Waals surface area contributed by atoms with Crippen LogP contribution in [0.25, 0.3) is 10.9 Å². The van der Waals surface area contributed by atoms with Crippen molar-refractivity contribution in [1.29, 1.82) is 5.26 Å². The van der Waals surface area contributed by atoms with Gasteiger partial charge in [0.1, 0.15) is 6.04 Å². The van der Waals surface area contributed by atoms with E-state index < -0.39 is 12.0 Å². The number of nitriles is 1. The van der Waals surface area contributed by atoms with Gasteiger partial charge in [0.2, 0.25) is 0 Å². The van der Waals surface area contributed by atoms with E-state index in [1.165, 1.54) is 0 Å². The van der Waals surface area contributed by atoms with Crippen LogP contribution in [0.1, 0.15) is 18.0 Å². The van der Waals surface area contributed by atoms with Crippen LogP contribution in [0.2, 0.25) is 5.02 Å². The zero-order valence-corrected chi connectivity index (χ0v) is 14.0. The fraction of sp³-hybridized carbons (Fsp3) is 0.412. The highest BCUT2D eigenvalue weighted by atomic mass is 35.5. The van der Waals surface area contributed by atoms with Crippen molar-refractivity contribution in [3.63, 3.8) is 0 Å². The smallest absolute Gasteiger partial charge is 0.325 e. The number of benzene rings is 1. The largest absolute Gasteiger partial charge is 0.480 e. The molecule has 1 saturated heterocycles. The number of hydrogen-bond acceptors (Lipinski definition) is 4. The molecule has 0 amide bonds. The molecule has 1 aliphatic rings. The Morgan fingerprint density at radius 3 is 2.79 bits per heavy atom. The van der Waals surface area contributed by atoms with Gasteiger partial charge in [0.05, 0.1) is 11.1 Å². The van der Waals surface area contributed by atoms with Crippen LogP contribution in [0, 0.1) is 11.3 Å². The molecule has 1 aliphatic heterocycles. The Kier molecular flexibility index (Phi) is 5.05. The number of nitrogens with zero attached hydrogens (tertiary/aromatic N) is 3. The molecule has 1 fully saturated rings. The number of aromatic amines is 1. The Morgan fingerprint density at radius 1 is 1.38 bits per heavy atom. The maximum Gasteiger partial charge on any atom is 0.325 e. The first kappa shape index (κ1) is 16.8. The quantitative estimate of drug-likeness (QED) is 0.869. The molecule has 0 aliphatic carbocycles. The average Bonchev–Trinajstić information content (AvgIpc) is 2.99. The fourth-order valence-electron chi connectivity index (χ4n) is 3.32. The summed E-state index contributed by atoms with van der Waals surface area (Å²) in [6.07, 6.45) is 2.25. The monoisotopic (exact) mass is 346 g/mol. The summed E-state index contributed by atoms with van der Waals surface area (Å²) in [7, 11) is 0. The van der Waals surface area contributed by atoms with E-state index in [1.807, 2.05) is 17.0 Å². The van der Waals surface area contributed by atoms with Crippen LogP contribution in [0.4, 0.5) is 0 Å². The second-order valence-electron chi connectivity index (χ2n) is 5.93. The lowest BCUT2D eigenvalue weighted by Gasteiger charge is -2.37. The molecule has 1 atom stereocenters. The van der Waals surface area contributed by atoms with Crippen LogP contribution in [0.5, 0.6) is 0 Å². The van der Waals surface area contributed by atoms with E-state index in [1.54, 1.807) is 12.3 Å². The van der Waals surface area contributed by atoms with E-state index in [0.29, 0.717) is 30.1 Å². The van der Waals surface area contributed by atoms with Crippen molar-refractivity contribution in [2.75, 3.05) is 32.7 Å². The number of halogens is 1. The van der Waals surface area contributed by atoms with Crippen LogP contribution >= 0.6 is 11.6 Å². The molecule has 1 aromatic carbocycles. The fourth-order valence-corrected chi connectivity index (χ4v) is 3.60. The van der Waals surface area contributed by atoms with Gasteiger partial charge in [-0.05, 0) is 12.1 Å². The Bertz CT molecular complexity index is 774. The minimum absolute atomic E-state index is 0.500. The summed E-state index contributed by atoms with van der Waals surface area (Å²) in [5.41, 5.74) is 1.55. The first-order valence-corrected chi connectivity index (χ1v) is 8.31. The van der Waals surface area contributed by atoms with E-state index in [2.05, 4.69) is 16.0 Å². The number of carbonyl (C=O) groups is 1. The van der Waals surface area contributed by atoms with Gasteiger partial charge in [-0.15, -0.1) is 0 Å². The molecule has 3 rings (SSSR count). The Labute approximate surface area is 145 Å². The van der Waals surface area contributed by atoms with Gasteiger partial charge in [0.25, 0.3) is 0 Å². The number of H-pyrrole nitrogens is 1. The molecule has 0 saturated carbocycles. The normalized spacial score (nSPS) is 17.7. The number of rotatable bonds is 5. The number of piperazine rings is 1. The lowest BCUT2D eigenvalue weighted by molar-refractivity contribution is -0.144. The molecule has 2 N–H and O–H groups in total. The van der Waals surface area contributed by atoms with Crippen LogP contribution in [0.3, 0.4) is 0 Å². The molecule has 0 unspecified atom stereocenters. The van der Waals surface area contributed by atoms with Crippen molar-refractivity contribution >= 4 is 28.5 Å². The maximum atomic E-state index is 12.0. The lowest BCUT2D eigenvalue weighted by Crippen LogP contribution is -2.49. The van der Waals surface area contributed by atoms with E-state index in [0.717, 1.165) is 30.5 Å². The maximum absolute atomic E-state index is 12.0. The van der Waals surface area contributed by atoms with E-state index in [9.17, 15) is 9.90 Å². The summed E-state index contributed by atoms with van der Waals surface area (Å²) < 4.78 is 0. The van der Waals surface area contributed by atoms with Gasteiger partial charge in [-0.3, -0.25) is 14.6 Å². The van der Waals surface area contributed by atoms with Crippen LogP contribution in [0.15, 0.2) is 24.4 Å². The van der Waals surface area contributed by atoms with Crippen molar-refractivity contribution in [2.45, 2.75) is 12.5 Å². The summed E-state index contributed by atoms with van der Waals surface area (Å²) in [6.45, 7) is 3.57. The van der Waals surface area contributed by atoms with Gasteiger partial charge in [-0.25, -0.2) is 0 Å². The van der Waals surface area contributed by atoms with Gasteiger partial charge in [-0.2, -0.15) is 5.26 Å². The van der Waals surface area contributed by atoms with Crippen molar-refractivity contribution in [3.8, 4) is 6.07 Å². The number of nitrogens with one attached hydrogen (secondary N) is 1. The van der Waals surface area contributed by atoms with Crippen molar-refractivity contribution < 1.29 is 9.90 Å². The molecular formula is C17H19ClN4O2. The number of hydrogen-bond donors (Lipinski definition) is 2. The number of aliphatic carboxylic acids is 1. The highest BCUT2D eigenvalue weighted by Gasteiger charge is 2.32. The third-order valence-corrected chi connectivity index (χ3v) is 4.84. The SMILES string of the molecule is N#CCCN1CCN([C@@H](C(=O)O)c2c[nH]c3cccc(Cl)c23)CC1. The van der Waals surface area contributed by atoms with E-state index >= 15 is 0 Å². The minimum Gasteiger partial charge on any atom is -0.480 e. The topological polar surface area (TPSA) is 83.4 Å². The summed E-state index contributed by atoms with van der Waals surface area (Å²) in [4.78, 5) is 19.2. The molecular weight excluding hydrogens is 328 g/mol. The Hall–Kier alpha value is -2.07. The van der Waals surface area contributed by atoms with Crippen molar-refractivity contribution in [3.05, 3.63) is 35.0 Å². The highest BCUT2D eigenvalue weighted by molar-refractivity contribution is 6.35. The Balaban J connectivity index is 1.84. The molecule has 0 spiro atoms. The van der Waals surface area contributed by atoms with Crippen molar-refractivity contribution in [2.24, 2.45) is 0 Å². The van der Waals surface area contributed by atoms with E-state index in [-0.39, 0.29) is 0 Å². The molecule has 126 valence electrons. The standard InChI is InChI=1S/C17H19ClN4O2/c18-13-3-1-4-14-15(13)12(11-20-14)16(17(23)24)22-9-7-21(8-10-22)6-2-5-19/h1,3-4,11,16,20H,2,6-10H2,(H,23,24)/t16-/m1/s1. The zero-order valence-electron chi connectivity index (χ0n) is 13.2. The first-order valence-electron chi connectivity index (χ1n) is 7.93. The highest BCUT2D eigenvalue weighted by Crippen LogP contribution is 2.33. The number of carboxylic acid groups (broad SMARTS) is 1. The third-order valence-electron chi connectivity index (χ3n) is 4.53. The van der Waals surface area contributed by atoms with Gasteiger partial charge in [0.15, 0.2) is 0 Å². The van der Waals surface area contributed by atoms with Crippen molar-refractivity contribution in [1.82, 2.24) is 14.8 Å². The molecule has 1 aromatic heterocycles. The Morgan fingerprint density at radius 2 is 2.12 bits per heavy atom. The van der Waals surface area contributed by atoms with Gasteiger partial charge in [0, 0.05) is 61.8 Å². The van der Waals surface area contributed by atoms with Crippen LogP contribution in [-0.2, 0) is 4.79 Å². The van der Waals surface area contributed by atoms with Crippen LogP contribution < -0.4 is 0 Å². The lowest BCUT2D eigenvalue weighted by atomic mass is 10.0. The molecule has 2 heterocycles. The zero-order chi connectivity index (χ0) is 17.1. The predicted octanol–water partition coefficient (Wildman–Crippen LogP) is 2.48. The number of carboxylic acids is 1. The second kappa shape index (κ2) is 7.22. The summed E-state index contributed by atoms with van der Waals surface area (Å²) in [5, 5.41) is 19.8. The summed E-state index contributed by atoms with van der Waals surface area (Å²) >= 11 is 6.30. The molecule has 0 radical (unpaired) electrons. The molecule has 7 heteroatoms. The second-order valence-corrected chi connectivity index (χ2v) is 6.34. The number of fused-ring (bicyclic) bond motifs is 1. The minimum atomic E-state index is -0.874. The predicted molar refractivity (Wildman–Crippen MR) is 91.9 cm³/mol. The number of aromatic nitrogens is 1. The molecule has 6 nitrogen and oxygen atoms in total. The van der Waals surface area contributed by atoms with Gasteiger partial charge < -0.3 is 10.1 Å². The first-order chi connectivity index (χ1) is 11.6.